The zero-order valence-electron chi connectivity index (χ0n) is 19.8. The summed E-state index contributed by atoms with van der Waals surface area (Å²) in [6.07, 6.45) is 5.03. The number of aromatic nitrogens is 2. The summed E-state index contributed by atoms with van der Waals surface area (Å²) >= 11 is 6.28. The lowest BCUT2D eigenvalue weighted by molar-refractivity contribution is -0.111. The molecule has 0 saturated carbocycles. The van der Waals surface area contributed by atoms with Gasteiger partial charge in [0.15, 0.2) is 0 Å². The van der Waals surface area contributed by atoms with Crippen LogP contribution in [0.2, 0.25) is 5.02 Å². The zero-order chi connectivity index (χ0) is 24.8. The fraction of sp³-hybridized carbons (Fsp3) is 0.269. The molecule has 1 aliphatic rings. The molecule has 1 aliphatic heterocycles. The Bertz CT molecular complexity index is 1210. The van der Waals surface area contributed by atoms with Gasteiger partial charge in [-0.1, -0.05) is 31.2 Å². The first-order valence-corrected chi connectivity index (χ1v) is 11.8. The number of methoxy groups -OCH3 is 1. The first kappa shape index (κ1) is 24.3. The predicted molar refractivity (Wildman–Crippen MR) is 139 cm³/mol. The van der Waals surface area contributed by atoms with Crippen LogP contribution < -0.4 is 25.0 Å². The molecular formula is C26H28ClN5O3. The number of ether oxygens (including phenoxy) is 2. The summed E-state index contributed by atoms with van der Waals surface area (Å²) in [6, 6.07) is 12.9. The van der Waals surface area contributed by atoms with Crippen LogP contribution in [0.15, 0.2) is 61.3 Å². The number of piperidine rings is 1. The van der Waals surface area contributed by atoms with Crippen molar-refractivity contribution in [3.8, 4) is 17.4 Å². The van der Waals surface area contributed by atoms with Gasteiger partial charge >= 0.3 is 0 Å². The van der Waals surface area contributed by atoms with E-state index in [-0.39, 0.29) is 16.8 Å². The second-order valence-electron chi connectivity index (χ2n) is 8.35. The number of nitrogens with zero attached hydrogens (tertiary/aromatic N) is 3. The van der Waals surface area contributed by atoms with Gasteiger partial charge in [0.1, 0.15) is 16.5 Å². The molecule has 0 bridgehead atoms. The van der Waals surface area contributed by atoms with Crippen molar-refractivity contribution in [1.29, 1.82) is 0 Å². The molecular weight excluding hydrogens is 466 g/mol. The average Bonchev–Trinajstić information content (AvgIpc) is 2.87. The van der Waals surface area contributed by atoms with Gasteiger partial charge in [0.05, 0.1) is 19.0 Å². The lowest BCUT2D eigenvalue weighted by atomic mass is 9.99. The Balaban J connectivity index is 1.50. The molecule has 1 saturated heterocycles. The van der Waals surface area contributed by atoms with Gasteiger partial charge in [0.25, 0.3) is 0 Å². The lowest BCUT2D eigenvalue weighted by Crippen LogP contribution is -2.32. The maximum atomic E-state index is 11.6. The molecule has 8 nitrogen and oxygen atoms in total. The molecule has 0 atom stereocenters. The summed E-state index contributed by atoms with van der Waals surface area (Å²) < 4.78 is 11.5. The van der Waals surface area contributed by atoms with Crippen molar-refractivity contribution in [2.24, 2.45) is 5.92 Å². The fourth-order valence-electron chi connectivity index (χ4n) is 3.79. The summed E-state index contributed by atoms with van der Waals surface area (Å²) in [5.74, 6) is 2.07. The van der Waals surface area contributed by atoms with E-state index in [1.54, 1.807) is 31.4 Å². The molecule has 3 aromatic rings. The molecule has 0 radical (unpaired) electrons. The van der Waals surface area contributed by atoms with Crippen molar-refractivity contribution in [3.63, 3.8) is 0 Å². The average molecular weight is 494 g/mol. The third-order valence-corrected chi connectivity index (χ3v) is 6.05. The number of amides is 1. The lowest BCUT2D eigenvalue weighted by Gasteiger charge is -2.32. The number of nitrogens with one attached hydrogen (secondary N) is 2. The Kier molecular flexibility index (Phi) is 7.72. The van der Waals surface area contributed by atoms with E-state index >= 15 is 0 Å². The van der Waals surface area contributed by atoms with Crippen LogP contribution in [0.3, 0.4) is 0 Å². The summed E-state index contributed by atoms with van der Waals surface area (Å²) in [5, 5.41) is 6.12. The van der Waals surface area contributed by atoms with E-state index in [9.17, 15) is 4.79 Å². The summed E-state index contributed by atoms with van der Waals surface area (Å²) in [6.45, 7) is 7.82. The highest BCUT2D eigenvalue weighted by atomic mass is 35.5. The maximum Gasteiger partial charge on any atom is 0.247 e. The van der Waals surface area contributed by atoms with Gasteiger partial charge < -0.3 is 25.0 Å². The molecule has 35 heavy (non-hydrogen) atoms. The van der Waals surface area contributed by atoms with Crippen LogP contribution in [0.25, 0.3) is 0 Å². The Labute approximate surface area is 209 Å². The molecule has 4 rings (SSSR count). The Morgan fingerprint density at radius 1 is 1.23 bits per heavy atom. The molecule has 1 aromatic heterocycles. The Morgan fingerprint density at radius 2 is 2.03 bits per heavy atom. The summed E-state index contributed by atoms with van der Waals surface area (Å²) in [7, 11) is 1.64. The molecule has 0 spiro atoms. The molecule has 2 aromatic carbocycles. The molecule has 2 N–H and O–H groups in total. The van der Waals surface area contributed by atoms with Crippen LogP contribution in [0.5, 0.6) is 17.4 Å². The van der Waals surface area contributed by atoms with Crippen molar-refractivity contribution in [1.82, 2.24) is 9.97 Å². The van der Waals surface area contributed by atoms with E-state index in [2.05, 4.69) is 45.1 Å². The number of rotatable bonds is 8. The van der Waals surface area contributed by atoms with E-state index < -0.39 is 0 Å². The monoisotopic (exact) mass is 493 g/mol. The van der Waals surface area contributed by atoms with E-state index in [1.165, 1.54) is 25.1 Å². The zero-order valence-corrected chi connectivity index (χ0v) is 20.5. The van der Waals surface area contributed by atoms with Crippen molar-refractivity contribution in [2.45, 2.75) is 19.8 Å². The van der Waals surface area contributed by atoms with Crippen molar-refractivity contribution >= 4 is 40.5 Å². The number of halogens is 1. The number of anilines is 4. The quantitative estimate of drug-likeness (QED) is 0.370. The molecule has 2 heterocycles. The van der Waals surface area contributed by atoms with Crippen molar-refractivity contribution in [3.05, 3.63) is 66.3 Å². The van der Waals surface area contributed by atoms with Gasteiger partial charge in [-0.15, -0.1) is 0 Å². The molecule has 9 heteroatoms. The number of benzene rings is 2. The fourth-order valence-corrected chi connectivity index (χ4v) is 3.92. The second-order valence-corrected chi connectivity index (χ2v) is 8.76. The van der Waals surface area contributed by atoms with E-state index in [0.29, 0.717) is 23.1 Å². The minimum atomic E-state index is -0.316. The number of hydrogen-bond acceptors (Lipinski definition) is 7. The van der Waals surface area contributed by atoms with Crippen LogP contribution in [0.1, 0.15) is 19.8 Å². The summed E-state index contributed by atoms with van der Waals surface area (Å²) in [5.41, 5.74) is 2.41. The van der Waals surface area contributed by atoms with Crippen LogP contribution >= 0.6 is 11.6 Å². The molecule has 1 fully saturated rings. The minimum absolute atomic E-state index is 0.175. The Morgan fingerprint density at radius 3 is 2.77 bits per heavy atom. The molecule has 0 aliphatic carbocycles. The van der Waals surface area contributed by atoms with Gasteiger partial charge in [-0.05, 0) is 49.1 Å². The number of carbonyl (C=O) groups excluding carboxylic acids is 1. The normalized spacial score (nSPS) is 13.7. The third-order valence-electron chi connectivity index (χ3n) is 5.79. The van der Waals surface area contributed by atoms with Crippen LogP contribution in [0, 0.1) is 5.92 Å². The topological polar surface area (TPSA) is 88.6 Å². The van der Waals surface area contributed by atoms with Crippen LogP contribution in [0.4, 0.5) is 23.0 Å². The molecule has 182 valence electrons. The van der Waals surface area contributed by atoms with Gasteiger partial charge in [0, 0.05) is 36.6 Å². The second kappa shape index (κ2) is 11.1. The standard InChI is InChI=1S/C26H28ClN5O3/c1-4-24(33)29-18-6-5-7-20(14-18)35-25-21(27)16-28-26(31-25)30-22-9-8-19(15-23(22)34-3)32-12-10-17(2)11-13-32/h4-9,14-17H,1,10-13H2,2-3H3,(H,29,33)(H,28,30,31). The first-order chi connectivity index (χ1) is 16.9. The molecule has 0 unspecified atom stereocenters. The SMILES string of the molecule is C=CC(=O)Nc1cccc(Oc2nc(Nc3ccc(N4CCC(C)CC4)cc3OC)ncc2Cl)c1. The van der Waals surface area contributed by atoms with Crippen LogP contribution in [-0.4, -0.2) is 36.1 Å². The van der Waals surface area contributed by atoms with Crippen molar-refractivity contribution < 1.29 is 14.3 Å². The van der Waals surface area contributed by atoms with E-state index in [0.717, 1.165) is 30.4 Å². The smallest absolute Gasteiger partial charge is 0.247 e. The highest BCUT2D eigenvalue weighted by molar-refractivity contribution is 6.31. The minimum Gasteiger partial charge on any atom is -0.494 e. The van der Waals surface area contributed by atoms with E-state index in [1.807, 2.05) is 12.1 Å². The number of hydrogen-bond donors (Lipinski definition) is 2. The Hall–Kier alpha value is -3.78. The molecule has 1 amide bonds. The van der Waals surface area contributed by atoms with Gasteiger partial charge in [-0.25, -0.2) is 4.98 Å². The van der Waals surface area contributed by atoms with Gasteiger partial charge in [0.2, 0.25) is 17.7 Å². The van der Waals surface area contributed by atoms with E-state index in [4.69, 9.17) is 21.1 Å². The first-order valence-electron chi connectivity index (χ1n) is 11.4. The predicted octanol–water partition coefficient (Wildman–Crippen LogP) is 6.04. The highest BCUT2D eigenvalue weighted by Gasteiger charge is 2.18. The van der Waals surface area contributed by atoms with Gasteiger partial charge in [-0.2, -0.15) is 4.98 Å². The maximum absolute atomic E-state index is 11.6. The van der Waals surface area contributed by atoms with Crippen molar-refractivity contribution in [2.75, 3.05) is 35.7 Å². The third kappa shape index (κ3) is 6.22. The summed E-state index contributed by atoms with van der Waals surface area (Å²) in [4.78, 5) is 22.6. The number of carbonyl (C=O) groups is 1. The largest absolute Gasteiger partial charge is 0.494 e. The van der Waals surface area contributed by atoms with Crippen LogP contribution in [-0.2, 0) is 4.79 Å². The highest BCUT2D eigenvalue weighted by Crippen LogP contribution is 2.34. The van der Waals surface area contributed by atoms with Gasteiger partial charge in [-0.3, -0.25) is 4.79 Å².